The van der Waals surface area contributed by atoms with E-state index in [1.807, 2.05) is 25.1 Å². The zero-order valence-corrected chi connectivity index (χ0v) is 14.9. The highest BCUT2D eigenvalue weighted by Crippen LogP contribution is 2.36. The van der Waals surface area contributed by atoms with Crippen LogP contribution in [0.25, 0.3) is 0 Å². The molecule has 1 aromatic rings. The van der Waals surface area contributed by atoms with Crippen LogP contribution >= 0.6 is 0 Å². The summed E-state index contributed by atoms with van der Waals surface area (Å²) in [4.78, 5) is 14.1. The fraction of sp³-hybridized carbons (Fsp3) is 0.632. The van der Waals surface area contributed by atoms with E-state index in [4.69, 9.17) is 4.74 Å². The normalized spacial score (nSPS) is 28.6. The maximum Gasteiger partial charge on any atom is 0.317 e. The summed E-state index contributed by atoms with van der Waals surface area (Å²) in [5.74, 6) is 1.39. The van der Waals surface area contributed by atoms with Crippen molar-refractivity contribution in [2.75, 3.05) is 26.2 Å². The lowest BCUT2D eigenvalue weighted by Gasteiger charge is -2.31. The SMILES string of the molecule is Cc1ccc(OCCNC(=O)N2C[C@H]3C[C@H](O)[C@H](O)C[C@H]3C2)cc1C. The summed E-state index contributed by atoms with van der Waals surface area (Å²) in [5, 5.41) is 22.5. The number of carbonyl (C=O) groups excluding carboxylic acids is 1. The second-order valence-electron chi connectivity index (χ2n) is 7.36. The Bertz CT molecular complexity index is 603. The average molecular weight is 348 g/mol. The maximum absolute atomic E-state index is 12.3. The molecule has 1 saturated carbocycles. The van der Waals surface area contributed by atoms with Gasteiger partial charge in [0.05, 0.1) is 18.8 Å². The van der Waals surface area contributed by atoms with Gasteiger partial charge < -0.3 is 25.2 Å². The molecule has 0 radical (unpaired) electrons. The highest BCUT2D eigenvalue weighted by atomic mass is 16.5. The van der Waals surface area contributed by atoms with Crippen LogP contribution in [-0.4, -0.2) is 59.6 Å². The zero-order chi connectivity index (χ0) is 18.0. The number of aliphatic hydroxyl groups excluding tert-OH is 2. The first-order chi connectivity index (χ1) is 11.9. The van der Waals surface area contributed by atoms with Crippen molar-refractivity contribution in [2.45, 2.75) is 38.9 Å². The van der Waals surface area contributed by atoms with E-state index in [2.05, 4.69) is 12.2 Å². The van der Waals surface area contributed by atoms with E-state index in [1.54, 1.807) is 4.90 Å². The maximum atomic E-state index is 12.3. The number of aliphatic hydroxyl groups is 2. The summed E-state index contributed by atoms with van der Waals surface area (Å²) in [5.41, 5.74) is 2.41. The zero-order valence-electron chi connectivity index (χ0n) is 14.9. The highest BCUT2D eigenvalue weighted by Gasteiger charge is 2.42. The third-order valence-electron chi connectivity index (χ3n) is 5.52. The van der Waals surface area contributed by atoms with E-state index in [9.17, 15) is 15.0 Å². The highest BCUT2D eigenvalue weighted by molar-refractivity contribution is 5.74. The smallest absolute Gasteiger partial charge is 0.317 e. The van der Waals surface area contributed by atoms with Gasteiger partial charge in [0.1, 0.15) is 12.4 Å². The monoisotopic (exact) mass is 348 g/mol. The summed E-state index contributed by atoms with van der Waals surface area (Å²) in [6.45, 7) is 6.28. The molecule has 1 saturated heterocycles. The number of amides is 2. The molecule has 25 heavy (non-hydrogen) atoms. The summed E-state index contributed by atoms with van der Waals surface area (Å²) in [6.07, 6.45) is -0.164. The number of likely N-dealkylation sites (tertiary alicyclic amines) is 1. The van der Waals surface area contributed by atoms with Gasteiger partial charge in [-0.15, -0.1) is 0 Å². The Morgan fingerprint density at radius 1 is 1.16 bits per heavy atom. The number of aryl methyl sites for hydroxylation is 2. The van der Waals surface area contributed by atoms with Crippen molar-refractivity contribution in [1.82, 2.24) is 10.2 Å². The van der Waals surface area contributed by atoms with Crippen LogP contribution in [0, 0.1) is 25.7 Å². The molecule has 3 N–H and O–H groups in total. The number of urea groups is 1. The Morgan fingerprint density at radius 2 is 1.80 bits per heavy atom. The van der Waals surface area contributed by atoms with E-state index < -0.39 is 12.2 Å². The lowest BCUT2D eigenvalue weighted by atomic mass is 9.79. The van der Waals surface area contributed by atoms with Crippen LogP contribution in [0.3, 0.4) is 0 Å². The number of fused-ring (bicyclic) bond motifs is 1. The Morgan fingerprint density at radius 3 is 2.40 bits per heavy atom. The number of nitrogens with one attached hydrogen (secondary N) is 1. The summed E-state index contributed by atoms with van der Waals surface area (Å²) >= 11 is 0. The van der Waals surface area contributed by atoms with Crippen LogP contribution in [0.15, 0.2) is 18.2 Å². The molecule has 2 aliphatic rings. The number of rotatable bonds is 4. The first kappa shape index (κ1) is 18.0. The molecule has 1 aliphatic heterocycles. The second kappa shape index (κ2) is 7.62. The van der Waals surface area contributed by atoms with Gasteiger partial charge in [0.25, 0.3) is 0 Å². The minimum atomic E-state index is -0.657. The molecule has 3 rings (SSSR count). The number of hydrogen-bond acceptors (Lipinski definition) is 4. The van der Waals surface area contributed by atoms with Crippen molar-refractivity contribution >= 4 is 6.03 Å². The van der Waals surface area contributed by atoms with E-state index >= 15 is 0 Å². The molecule has 138 valence electrons. The van der Waals surface area contributed by atoms with Gasteiger partial charge in [0.2, 0.25) is 0 Å². The first-order valence-electron chi connectivity index (χ1n) is 9.03. The van der Waals surface area contributed by atoms with Gasteiger partial charge in [-0.2, -0.15) is 0 Å². The topological polar surface area (TPSA) is 82.0 Å². The van der Waals surface area contributed by atoms with E-state index in [0.29, 0.717) is 39.1 Å². The van der Waals surface area contributed by atoms with Crippen molar-refractivity contribution in [1.29, 1.82) is 0 Å². The average Bonchev–Trinajstić information content (AvgIpc) is 2.98. The second-order valence-corrected chi connectivity index (χ2v) is 7.36. The third-order valence-corrected chi connectivity index (χ3v) is 5.52. The molecular weight excluding hydrogens is 320 g/mol. The van der Waals surface area contributed by atoms with Gasteiger partial charge in [0, 0.05) is 13.1 Å². The third kappa shape index (κ3) is 4.25. The van der Waals surface area contributed by atoms with Crippen LogP contribution in [0.2, 0.25) is 0 Å². The lowest BCUT2D eigenvalue weighted by Crippen LogP contribution is -2.40. The van der Waals surface area contributed by atoms with Crippen molar-refractivity contribution in [3.63, 3.8) is 0 Å². The fourth-order valence-electron chi connectivity index (χ4n) is 3.82. The number of ether oxygens (including phenoxy) is 1. The molecule has 0 unspecified atom stereocenters. The predicted octanol–water partition coefficient (Wildman–Crippen LogP) is 1.46. The molecule has 6 heteroatoms. The quantitative estimate of drug-likeness (QED) is 0.720. The van der Waals surface area contributed by atoms with Crippen LogP contribution in [0.5, 0.6) is 5.75 Å². The summed E-state index contributed by atoms with van der Waals surface area (Å²) in [7, 11) is 0. The van der Waals surface area contributed by atoms with Gasteiger partial charge in [-0.3, -0.25) is 0 Å². The Labute approximate surface area is 148 Å². The number of benzene rings is 1. The Kier molecular flexibility index (Phi) is 5.49. The molecule has 1 aromatic carbocycles. The van der Waals surface area contributed by atoms with Crippen molar-refractivity contribution in [2.24, 2.45) is 11.8 Å². The van der Waals surface area contributed by atoms with Crippen LogP contribution in [-0.2, 0) is 0 Å². The number of carbonyl (C=O) groups is 1. The van der Waals surface area contributed by atoms with Gasteiger partial charge in [-0.1, -0.05) is 6.07 Å². The molecule has 0 bridgehead atoms. The van der Waals surface area contributed by atoms with Crippen LogP contribution in [0.1, 0.15) is 24.0 Å². The van der Waals surface area contributed by atoms with Gasteiger partial charge in [0.15, 0.2) is 0 Å². The predicted molar refractivity (Wildman–Crippen MR) is 94.6 cm³/mol. The Hall–Kier alpha value is -1.79. The van der Waals surface area contributed by atoms with Crippen LogP contribution < -0.4 is 10.1 Å². The largest absolute Gasteiger partial charge is 0.492 e. The molecular formula is C19H28N2O4. The van der Waals surface area contributed by atoms with Crippen molar-refractivity contribution < 1.29 is 19.7 Å². The lowest BCUT2D eigenvalue weighted by molar-refractivity contribution is -0.0372. The van der Waals surface area contributed by atoms with Crippen LogP contribution in [0.4, 0.5) is 4.79 Å². The molecule has 6 nitrogen and oxygen atoms in total. The molecule has 4 atom stereocenters. The summed E-state index contributed by atoms with van der Waals surface area (Å²) in [6, 6.07) is 5.87. The minimum Gasteiger partial charge on any atom is -0.492 e. The first-order valence-corrected chi connectivity index (χ1v) is 9.03. The molecule has 2 fully saturated rings. The van der Waals surface area contributed by atoms with Gasteiger partial charge >= 0.3 is 6.03 Å². The Balaban J connectivity index is 1.40. The molecule has 1 heterocycles. The van der Waals surface area contributed by atoms with E-state index in [0.717, 1.165) is 5.75 Å². The molecule has 0 spiro atoms. The minimum absolute atomic E-state index is 0.0953. The van der Waals surface area contributed by atoms with Crippen molar-refractivity contribution in [3.05, 3.63) is 29.3 Å². The molecule has 0 aromatic heterocycles. The van der Waals surface area contributed by atoms with E-state index in [-0.39, 0.29) is 17.9 Å². The molecule has 1 aliphatic carbocycles. The summed E-state index contributed by atoms with van der Waals surface area (Å²) < 4.78 is 5.68. The van der Waals surface area contributed by atoms with Gasteiger partial charge in [-0.25, -0.2) is 4.79 Å². The van der Waals surface area contributed by atoms with E-state index in [1.165, 1.54) is 11.1 Å². The number of hydrogen-bond donors (Lipinski definition) is 3. The number of nitrogens with zero attached hydrogens (tertiary/aromatic N) is 1. The fourth-order valence-corrected chi connectivity index (χ4v) is 3.82. The van der Waals surface area contributed by atoms with Gasteiger partial charge in [-0.05, 0) is 61.8 Å². The molecule has 2 amide bonds. The van der Waals surface area contributed by atoms with Crippen molar-refractivity contribution in [3.8, 4) is 5.75 Å². The standard InChI is InChI=1S/C19H28N2O4/c1-12-3-4-16(7-13(12)2)25-6-5-20-19(24)21-10-14-8-17(22)18(23)9-15(14)11-21/h3-4,7,14-15,17-18,22-23H,5-6,8-11H2,1-2H3,(H,20,24)/t14-,15+,17+,18-.